The molecule has 0 fully saturated rings. The molecule has 0 aromatic rings. The molecule has 3 N–H and O–H groups in total. The third-order valence-corrected chi connectivity index (χ3v) is 2.30. The number of hydrogen-bond acceptors (Lipinski definition) is 2. The van der Waals surface area contributed by atoms with Crippen LogP contribution in [-0.2, 0) is 0 Å². The molecule has 0 saturated heterocycles. The van der Waals surface area contributed by atoms with E-state index in [-0.39, 0.29) is 11.6 Å². The second-order valence-corrected chi connectivity index (χ2v) is 4.21. The lowest BCUT2D eigenvalue weighted by Crippen LogP contribution is -2.52. The Morgan fingerprint density at radius 3 is 2.09 bits per heavy atom. The van der Waals surface area contributed by atoms with Crippen LogP contribution in [0.2, 0.25) is 0 Å². The van der Waals surface area contributed by atoms with Gasteiger partial charge in [-0.3, -0.25) is 0 Å². The Morgan fingerprint density at radius 2 is 1.82 bits per heavy atom. The summed E-state index contributed by atoms with van der Waals surface area (Å²) in [5, 5.41) is 3.22. The molecule has 0 aliphatic rings. The van der Waals surface area contributed by atoms with E-state index in [0.717, 1.165) is 6.42 Å². The van der Waals surface area contributed by atoms with Crippen molar-refractivity contribution < 1.29 is 0 Å². The van der Waals surface area contributed by atoms with Gasteiger partial charge in [0.2, 0.25) is 0 Å². The summed E-state index contributed by atoms with van der Waals surface area (Å²) in [5.74, 6) is 0.678. The quantitative estimate of drug-likeness (QED) is 0.648. The summed E-state index contributed by atoms with van der Waals surface area (Å²) in [6, 6.07) is 0.243. The van der Waals surface area contributed by atoms with E-state index >= 15 is 0 Å². The Bertz CT molecular complexity index is 108. The van der Waals surface area contributed by atoms with Crippen molar-refractivity contribution in [3.05, 3.63) is 0 Å². The molecule has 0 saturated carbocycles. The topological polar surface area (TPSA) is 38.0 Å². The molecule has 1 unspecified atom stereocenters. The highest BCUT2D eigenvalue weighted by atomic mass is 15.0. The average molecular weight is 158 g/mol. The van der Waals surface area contributed by atoms with Gasteiger partial charge in [-0.25, -0.2) is 0 Å². The number of nitrogens with one attached hydrogen (secondary N) is 1. The number of rotatable bonds is 4. The van der Waals surface area contributed by atoms with Crippen LogP contribution in [0.5, 0.6) is 0 Å². The van der Waals surface area contributed by atoms with Crippen molar-refractivity contribution in [1.29, 1.82) is 0 Å². The molecule has 0 aliphatic heterocycles. The van der Waals surface area contributed by atoms with Gasteiger partial charge in [0.05, 0.1) is 0 Å². The molecule has 0 aliphatic carbocycles. The maximum atomic E-state index is 6.00. The summed E-state index contributed by atoms with van der Waals surface area (Å²) in [7, 11) is 1.96. The zero-order valence-electron chi connectivity index (χ0n) is 8.44. The van der Waals surface area contributed by atoms with Gasteiger partial charge < -0.3 is 11.1 Å². The second kappa shape index (κ2) is 4.07. The highest BCUT2D eigenvalue weighted by molar-refractivity contribution is 4.88. The van der Waals surface area contributed by atoms with Gasteiger partial charge in [-0.05, 0) is 33.2 Å². The maximum absolute atomic E-state index is 6.00. The normalized spacial score (nSPS) is 15.5. The van der Waals surface area contributed by atoms with Gasteiger partial charge in [0.1, 0.15) is 0 Å². The van der Waals surface area contributed by atoms with E-state index in [4.69, 9.17) is 5.73 Å². The minimum atomic E-state index is 0.0598. The Morgan fingerprint density at radius 1 is 1.36 bits per heavy atom. The highest BCUT2D eigenvalue weighted by Crippen LogP contribution is 2.13. The predicted molar refractivity (Wildman–Crippen MR) is 50.6 cm³/mol. The molecule has 2 heteroatoms. The summed E-state index contributed by atoms with van der Waals surface area (Å²) in [4.78, 5) is 0. The van der Waals surface area contributed by atoms with Crippen LogP contribution in [0.3, 0.4) is 0 Å². The fraction of sp³-hybridized carbons (Fsp3) is 1.00. The van der Waals surface area contributed by atoms with Crippen LogP contribution >= 0.6 is 0 Å². The molecule has 68 valence electrons. The van der Waals surface area contributed by atoms with Crippen LogP contribution in [0, 0.1) is 5.92 Å². The minimum Gasteiger partial charge on any atom is -0.326 e. The summed E-state index contributed by atoms with van der Waals surface area (Å²) in [5.41, 5.74) is 6.06. The first-order chi connectivity index (χ1) is 4.90. The SMILES string of the molecule is CNC(C)(C)C(N)CC(C)C. The first-order valence-electron chi connectivity index (χ1n) is 4.34. The zero-order valence-corrected chi connectivity index (χ0v) is 8.44. The van der Waals surface area contributed by atoms with Crippen LogP contribution in [-0.4, -0.2) is 18.6 Å². The molecule has 0 heterocycles. The highest BCUT2D eigenvalue weighted by Gasteiger charge is 2.24. The van der Waals surface area contributed by atoms with Crippen molar-refractivity contribution in [2.75, 3.05) is 7.05 Å². The van der Waals surface area contributed by atoms with Crippen molar-refractivity contribution in [3.8, 4) is 0 Å². The molecular weight excluding hydrogens is 136 g/mol. The zero-order chi connectivity index (χ0) is 9.07. The molecule has 0 radical (unpaired) electrons. The molecule has 0 rings (SSSR count). The van der Waals surface area contributed by atoms with Gasteiger partial charge in [-0.15, -0.1) is 0 Å². The Balaban J connectivity index is 3.90. The van der Waals surface area contributed by atoms with E-state index in [1.54, 1.807) is 0 Å². The summed E-state index contributed by atoms with van der Waals surface area (Å²) in [6.45, 7) is 8.68. The fourth-order valence-corrected chi connectivity index (χ4v) is 0.988. The van der Waals surface area contributed by atoms with Crippen LogP contribution in [0.4, 0.5) is 0 Å². The lowest BCUT2D eigenvalue weighted by molar-refractivity contribution is 0.303. The first-order valence-corrected chi connectivity index (χ1v) is 4.34. The van der Waals surface area contributed by atoms with Crippen molar-refractivity contribution in [1.82, 2.24) is 5.32 Å². The van der Waals surface area contributed by atoms with Gasteiger partial charge in [-0.2, -0.15) is 0 Å². The van der Waals surface area contributed by atoms with Gasteiger partial charge in [0.25, 0.3) is 0 Å². The van der Waals surface area contributed by atoms with E-state index < -0.39 is 0 Å². The van der Waals surface area contributed by atoms with Gasteiger partial charge in [0.15, 0.2) is 0 Å². The van der Waals surface area contributed by atoms with Crippen molar-refractivity contribution in [2.45, 2.75) is 45.7 Å². The fourth-order valence-electron chi connectivity index (χ4n) is 0.988. The van der Waals surface area contributed by atoms with E-state index in [9.17, 15) is 0 Å². The number of likely N-dealkylation sites (N-methyl/N-ethyl adjacent to an activating group) is 1. The molecule has 2 nitrogen and oxygen atoms in total. The predicted octanol–water partition coefficient (Wildman–Crippen LogP) is 1.36. The molecular formula is C9H22N2. The minimum absolute atomic E-state index is 0.0598. The van der Waals surface area contributed by atoms with E-state index in [1.165, 1.54) is 0 Å². The molecule has 1 atom stereocenters. The monoisotopic (exact) mass is 158 g/mol. The second-order valence-electron chi connectivity index (χ2n) is 4.21. The molecule has 0 spiro atoms. The van der Waals surface area contributed by atoms with Gasteiger partial charge in [-0.1, -0.05) is 13.8 Å². The van der Waals surface area contributed by atoms with Crippen molar-refractivity contribution in [3.63, 3.8) is 0 Å². The third-order valence-electron chi connectivity index (χ3n) is 2.30. The smallest absolute Gasteiger partial charge is 0.0273 e. The molecule has 0 bridgehead atoms. The standard InChI is InChI=1S/C9H22N2/c1-7(2)6-8(10)9(3,4)11-5/h7-8,11H,6,10H2,1-5H3. The Labute approximate surface area is 70.5 Å². The van der Waals surface area contributed by atoms with Crippen LogP contribution in [0.25, 0.3) is 0 Å². The molecule has 0 amide bonds. The lowest BCUT2D eigenvalue weighted by atomic mass is 9.89. The summed E-state index contributed by atoms with van der Waals surface area (Å²) < 4.78 is 0. The first kappa shape index (κ1) is 10.9. The number of nitrogens with two attached hydrogens (primary N) is 1. The summed E-state index contributed by atoms with van der Waals surface area (Å²) >= 11 is 0. The molecule has 11 heavy (non-hydrogen) atoms. The van der Waals surface area contributed by atoms with Crippen LogP contribution in [0.1, 0.15) is 34.1 Å². The Kier molecular flexibility index (Phi) is 4.04. The van der Waals surface area contributed by atoms with E-state index in [1.807, 2.05) is 7.05 Å². The van der Waals surface area contributed by atoms with E-state index in [2.05, 4.69) is 33.0 Å². The largest absolute Gasteiger partial charge is 0.326 e. The van der Waals surface area contributed by atoms with Gasteiger partial charge >= 0.3 is 0 Å². The average Bonchev–Trinajstić information content (AvgIpc) is 1.86. The lowest BCUT2D eigenvalue weighted by Gasteiger charge is -2.32. The maximum Gasteiger partial charge on any atom is 0.0273 e. The van der Waals surface area contributed by atoms with Crippen molar-refractivity contribution >= 4 is 0 Å². The number of hydrogen-bond donors (Lipinski definition) is 2. The summed E-state index contributed by atoms with van der Waals surface area (Å²) in [6.07, 6.45) is 1.08. The van der Waals surface area contributed by atoms with Gasteiger partial charge in [0, 0.05) is 11.6 Å². The molecule has 0 aromatic carbocycles. The van der Waals surface area contributed by atoms with Crippen molar-refractivity contribution in [2.24, 2.45) is 11.7 Å². The Hall–Kier alpha value is -0.0800. The molecule has 0 aromatic heterocycles. The third kappa shape index (κ3) is 3.73. The van der Waals surface area contributed by atoms with Crippen LogP contribution in [0.15, 0.2) is 0 Å². The van der Waals surface area contributed by atoms with Crippen LogP contribution < -0.4 is 11.1 Å². The van der Waals surface area contributed by atoms with E-state index in [0.29, 0.717) is 5.92 Å².